The molecule has 17 heavy (non-hydrogen) atoms. The van der Waals surface area contributed by atoms with Gasteiger partial charge in [-0.15, -0.1) is 0 Å². The summed E-state index contributed by atoms with van der Waals surface area (Å²) in [6.45, 7) is 3.28. The predicted molar refractivity (Wildman–Crippen MR) is 78.0 cm³/mol. The molecule has 92 valence electrons. The Labute approximate surface area is 113 Å². The number of hydrogen-bond acceptors (Lipinski definition) is 2. The van der Waals surface area contributed by atoms with E-state index in [0.29, 0.717) is 16.1 Å². The molecule has 1 aliphatic heterocycles. The van der Waals surface area contributed by atoms with E-state index in [9.17, 15) is 0 Å². The van der Waals surface area contributed by atoms with E-state index in [-0.39, 0.29) is 0 Å². The highest BCUT2D eigenvalue weighted by Crippen LogP contribution is 2.33. The number of nitrogens with two attached hydrogens (primary N) is 1. The van der Waals surface area contributed by atoms with Crippen LogP contribution in [-0.2, 0) is 0 Å². The number of nitrogens with zero attached hydrogens (tertiary/aromatic N) is 1. The first kappa shape index (κ1) is 12.7. The van der Waals surface area contributed by atoms with Gasteiger partial charge in [0.1, 0.15) is 4.99 Å². The third-order valence-corrected chi connectivity index (χ3v) is 3.91. The maximum atomic E-state index is 6.20. The number of thiocarbonyl (C=S) groups is 1. The highest BCUT2D eigenvalue weighted by molar-refractivity contribution is 7.80. The molecule has 0 aliphatic carbocycles. The van der Waals surface area contributed by atoms with Gasteiger partial charge in [-0.25, -0.2) is 0 Å². The summed E-state index contributed by atoms with van der Waals surface area (Å²) in [5.41, 5.74) is 7.71. The lowest BCUT2D eigenvalue weighted by Gasteiger charge is -2.28. The molecule has 1 atom stereocenters. The monoisotopic (exact) mass is 268 g/mol. The van der Waals surface area contributed by atoms with Crippen LogP contribution in [-0.4, -0.2) is 17.6 Å². The molecular formula is C13H17ClN2S. The van der Waals surface area contributed by atoms with Crippen LogP contribution in [0.15, 0.2) is 18.2 Å². The minimum absolute atomic E-state index is 0.382. The quantitative estimate of drug-likeness (QED) is 0.853. The maximum Gasteiger partial charge on any atom is 0.107 e. The highest BCUT2D eigenvalue weighted by Gasteiger charge is 2.26. The van der Waals surface area contributed by atoms with Gasteiger partial charge in [-0.2, -0.15) is 0 Å². The number of benzene rings is 1. The zero-order valence-electron chi connectivity index (χ0n) is 9.95. The summed E-state index contributed by atoms with van der Waals surface area (Å²) in [6, 6.07) is 6.46. The van der Waals surface area contributed by atoms with Gasteiger partial charge in [0.2, 0.25) is 0 Å². The fourth-order valence-corrected chi connectivity index (χ4v) is 3.12. The third-order valence-electron chi connectivity index (χ3n) is 3.40. The molecule has 0 spiro atoms. The van der Waals surface area contributed by atoms with Crippen molar-refractivity contribution in [2.45, 2.75) is 32.2 Å². The molecule has 4 heteroatoms. The summed E-state index contributed by atoms with van der Waals surface area (Å²) >= 11 is 11.3. The van der Waals surface area contributed by atoms with Crippen LogP contribution >= 0.6 is 23.8 Å². The maximum absolute atomic E-state index is 6.20. The van der Waals surface area contributed by atoms with Crippen molar-refractivity contribution in [3.63, 3.8) is 0 Å². The molecule has 1 aliphatic rings. The second-order valence-electron chi connectivity index (χ2n) is 4.40. The van der Waals surface area contributed by atoms with Gasteiger partial charge >= 0.3 is 0 Å². The van der Waals surface area contributed by atoms with E-state index in [1.807, 2.05) is 12.1 Å². The van der Waals surface area contributed by atoms with Crippen molar-refractivity contribution in [2.24, 2.45) is 5.73 Å². The molecular weight excluding hydrogens is 252 g/mol. The fourth-order valence-electron chi connectivity index (χ4n) is 2.57. The molecule has 0 radical (unpaired) electrons. The van der Waals surface area contributed by atoms with E-state index in [2.05, 4.69) is 17.9 Å². The summed E-state index contributed by atoms with van der Waals surface area (Å²) in [7, 11) is 0. The van der Waals surface area contributed by atoms with Crippen LogP contribution in [0.2, 0.25) is 5.02 Å². The zero-order valence-corrected chi connectivity index (χ0v) is 11.5. The second kappa shape index (κ2) is 5.23. The largest absolute Gasteiger partial charge is 0.389 e. The average molecular weight is 269 g/mol. The Kier molecular flexibility index (Phi) is 3.89. The first-order valence-corrected chi connectivity index (χ1v) is 6.78. The molecule has 2 N–H and O–H groups in total. The Hall–Kier alpha value is -0.800. The lowest BCUT2D eigenvalue weighted by atomic mass is 10.1. The standard InChI is InChI=1S/C13H17ClN2S/c1-2-9-5-4-8-16(9)11-7-3-6-10(14)12(11)13(15)17/h3,6-7,9H,2,4-5,8H2,1H3,(H2,15,17). The van der Waals surface area contributed by atoms with Crippen molar-refractivity contribution in [1.29, 1.82) is 0 Å². The molecule has 0 amide bonds. The SMILES string of the molecule is CCC1CCCN1c1cccc(Cl)c1C(N)=S. The molecule has 1 heterocycles. The molecule has 1 saturated heterocycles. The molecule has 1 fully saturated rings. The fraction of sp³-hybridized carbons (Fsp3) is 0.462. The van der Waals surface area contributed by atoms with Crippen LogP contribution in [0.5, 0.6) is 0 Å². The van der Waals surface area contributed by atoms with Gasteiger partial charge in [0.05, 0.1) is 10.6 Å². The summed E-state index contributed by atoms with van der Waals surface area (Å²) in [6.07, 6.45) is 3.60. The smallest absolute Gasteiger partial charge is 0.107 e. The van der Waals surface area contributed by atoms with Crippen LogP contribution in [0.3, 0.4) is 0 Å². The van der Waals surface area contributed by atoms with Crippen LogP contribution in [0.25, 0.3) is 0 Å². The van der Waals surface area contributed by atoms with Crippen molar-refractivity contribution in [3.8, 4) is 0 Å². The Morgan fingerprint density at radius 2 is 2.35 bits per heavy atom. The normalized spacial score (nSPS) is 19.6. The van der Waals surface area contributed by atoms with Crippen LogP contribution in [0.1, 0.15) is 31.7 Å². The van der Waals surface area contributed by atoms with Gasteiger partial charge < -0.3 is 10.6 Å². The van der Waals surface area contributed by atoms with Crippen LogP contribution in [0, 0.1) is 0 Å². The summed E-state index contributed by atoms with van der Waals surface area (Å²) in [5, 5.41) is 0.650. The summed E-state index contributed by atoms with van der Waals surface area (Å²) < 4.78 is 0. The molecule has 2 nitrogen and oxygen atoms in total. The predicted octanol–water partition coefficient (Wildman–Crippen LogP) is 3.35. The molecule has 1 aromatic carbocycles. The third kappa shape index (κ3) is 2.40. The topological polar surface area (TPSA) is 29.3 Å². The van der Waals surface area contributed by atoms with Gasteiger partial charge in [-0.3, -0.25) is 0 Å². The van der Waals surface area contributed by atoms with Crippen molar-refractivity contribution in [3.05, 3.63) is 28.8 Å². The highest BCUT2D eigenvalue weighted by atomic mass is 35.5. The minimum Gasteiger partial charge on any atom is -0.389 e. The first-order chi connectivity index (χ1) is 8.15. The van der Waals surface area contributed by atoms with Crippen LogP contribution in [0.4, 0.5) is 5.69 Å². The number of rotatable bonds is 3. The number of anilines is 1. The van der Waals surface area contributed by atoms with E-state index < -0.39 is 0 Å². The van der Waals surface area contributed by atoms with E-state index >= 15 is 0 Å². The minimum atomic E-state index is 0.382. The average Bonchev–Trinajstić information content (AvgIpc) is 2.75. The van der Waals surface area contributed by atoms with Gasteiger partial charge in [0.15, 0.2) is 0 Å². The molecule has 0 saturated carbocycles. The summed E-state index contributed by atoms with van der Waals surface area (Å²) in [5.74, 6) is 0. The van der Waals surface area contributed by atoms with Crippen molar-refractivity contribution in [1.82, 2.24) is 0 Å². The Balaban J connectivity index is 2.44. The van der Waals surface area contributed by atoms with Gasteiger partial charge in [0.25, 0.3) is 0 Å². The van der Waals surface area contributed by atoms with Gasteiger partial charge in [-0.1, -0.05) is 36.8 Å². The first-order valence-electron chi connectivity index (χ1n) is 6.00. The van der Waals surface area contributed by atoms with Gasteiger partial charge in [-0.05, 0) is 31.4 Å². The summed E-state index contributed by atoms with van der Waals surface area (Å²) in [4.78, 5) is 2.77. The van der Waals surface area contributed by atoms with Crippen molar-refractivity contribution >= 4 is 34.5 Å². The number of hydrogen-bond donors (Lipinski definition) is 1. The Morgan fingerprint density at radius 1 is 1.59 bits per heavy atom. The molecule has 0 bridgehead atoms. The Morgan fingerprint density at radius 3 is 3.00 bits per heavy atom. The lowest BCUT2D eigenvalue weighted by Crippen LogP contribution is -2.30. The molecule has 1 unspecified atom stereocenters. The van der Waals surface area contributed by atoms with Gasteiger partial charge in [0, 0.05) is 18.3 Å². The van der Waals surface area contributed by atoms with Crippen LogP contribution < -0.4 is 10.6 Å². The van der Waals surface area contributed by atoms with E-state index in [1.54, 1.807) is 0 Å². The van der Waals surface area contributed by atoms with E-state index in [0.717, 1.165) is 24.2 Å². The Bertz CT molecular complexity index is 433. The van der Waals surface area contributed by atoms with Crippen molar-refractivity contribution < 1.29 is 0 Å². The second-order valence-corrected chi connectivity index (χ2v) is 5.24. The molecule has 2 rings (SSSR count). The molecule has 1 aromatic rings. The number of halogens is 1. The molecule has 0 aromatic heterocycles. The van der Waals surface area contributed by atoms with E-state index in [1.165, 1.54) is 12.8 Å². The zero-order chi connectivity index (χ0) is 12.4. The van der Waals surface area contributed by atoms with Crippen molar-refractivity contribution in [2.75, 3.05) is 11.4 Å². The lowest BCUT2D eigenvalue weighted by molar-refractivity contribution is 0.645. The van der Waals surface area contributed by atoms with E-state index in [4.69, 9.17) is 29.6 Å².